The lowest BCUT2D eigenvalue weighted by molar-refractivity contribution is -0.137. The van der Waals surface area contributed by atoms with Gasteiger partial charge in [-0.3, -0.25) is 4.79 Å². The van der Waals surface area contributed by atoms with Crippen molar-refractivity contribution < 1.29 is 27.4 Å². The summed E-state index contributed by atoms with van der Waals surface area (Å²) in [4.78, 5) is 21.2. The number of fused-ring (bicyclic) bond motifs is 1. The number of piperidine rings is 1. The van der Waals surface area contributed by atoms with Crippen molar-refractivity contribution in [2.75, 3.05) is 26.8 Å². The van der Waals surface area contributed by atoms with E-state index in [1.807, 2.05) is 12.1 Å². The van der Waals surface area contributed by atoms with Crippen molar-refractivity contribution in [2.24, 2.45) is 11.7 Å². The van der Waals surface area contributed by atoms with E-state index in [-0.39, 0.29) is 0 Å². The SMILES string of the molecule is COc1cc2ncnc(-c3ccc(C(C(N)=O)c4ccc(C(F)(F)F)cc4)cc3)c2cc1OCC1CCCNC1. The maximum absolute atomic E-state index is 13.0. The van der Waals surface area contributed by atoms with Gasteiger partial charge in [-0.1, -0.05) is 36.4 Å². The lowest BCUT2D eigenvalue weighted by atomic mass is 9.89. The highest BCUT2D eigenvalue weighted by molar-refractivity contribution is 5.94. The van der Waals surface area contributed by atoms with Crippen LogP contribution in [-0.2, 0) is 11.0 Å². The summed E-state index contributed by atoms with van der Waals surface area (Å²) in [5.74, 6) is 0.0246. The molecule has 3 N–H and O–H groups in total. The van der Waals surface area contributed by atoms with Crippen LogP contribution in [0.4, 0.5) is 13.2 Å². The fourth-order valence-corrected chi connectivity index (χ4v) is 5.06. The summed E-state index contributed by atoms with van der Waals surface area (Å²) in [6.07, 6.45) is -0.785. The fraction of sp³-hybridized carbons (Fsp3) is 0.300. The minimum absolute atomic E-state index is 0.378. The molecule has 1 amide bonds. The number of ether oxygens (including phenoxy) is 2. The van der Waals surface area contributed by atoms with Gasteiger partial charge in [0.15, 0.2) is 11.5 Å². The zero-order valence-corrected chi connectivity index (χ0v) is 21.9. The summed E-state index contributed by atoms with van der Waals surface area (Å²) in [5.41, 5.74) is 7.91. The van der Waals surface area contributed by atoms with Crippen LogP contribution < -0.4 is 20.5 Å². The Morgan fingerprint density at radius 3 is 2.35 bits per heavy atom. The molecule has 2 unspecified atom stereocenters. The summed E-state index contributed by atoms with van der Waals surface area (Å²) >= 11 is 0. The van der Waals surface area contributed by atoms with E-state index in [9.17, 15) is 18.0 Å². The minimum atomic E-state index is -4.47. The molecule has 208 valence electrons. The molecule has 1 fully saturated rings. The predicted molar refractivity (Wildman–Crippen MR) is 145 cm³/mol. The molecule has 0 aliphatic carbocycles. The number of aromatic nitrogens is 2. The number of nitrogens with one attached hydrogen (secondary N) is 1. The van der Waals surface area contributed by atoms with Gasteiger partial charge in [0.05, 0.1) is 36.4 Å². The Labute approximate surface area is 229 Å². The van der Waals surface area contributed by atoms with Crippen molar-refractivity contribution in [1.29, 1.82) is 0 Å². The number of halogens is 3. The van der Waals surface area contributed by atoms with E-state index >= 15 is 0 Å². The molecule has 10 heteroatoms. The van der Waals surface area contributed by atoms with Crippen LogP contribution in [-0.4, -0.2) is 42.7 Å². The van der Waals surface area contributed by atoms with E-state index in [2.05, 4.69) is 15.3 Å². The first-order chi connectivity index (χ1) is 19.2. The number of amides is 1. The number of nitrogens with zero attached hydrogens (tertiary/aromatic N) is 2. The van der Waals surface area contributed by atoms with Gasteiger partial charge >= 0.3 is 6.18 Å². The first-order valence-corrected chi connectivity index (χ1v) is 13.0. The van der Waals surface area contributed by atoms with Crippen LogP contribution in [0.5, 0.6) is 11.5 Å². The Kier molecular flexibility index (Phi) is 7.88. The summed E-state index contributed by atoms with van der Waals surface area (Å²) in [6, 6.07) is 15.2. The number of primary amides is 1. The third kappa shape index (κ3) is 5.86. The van der Waals surface area contributed by atoms with Gasteiger partial charge in [0.1, 0.15) is 6.33 Å². The van der Waals surface area contributed by atoms with E-state index in [4.69, 9.17) is 15.2 Å². The topological polar surface area (TPSA) is 99.4 Å². The maximum Gasteiger partial charge on any atom is 0.416 e. The number of nitrogens with two attached hydrogens (primary N) is 1. The number of carbonyl (C=O) groups excluding carboxylic acids is 1. The predicted octanol–water partition coefficient (Wildman–Crippen LogP) is 5.32. The molecule has 1 aliphatic rings. The van der Waals surface area contributed by atoms with Crippen LogP contribution in [0.25, 0.3) is 22.2 Å². The largest absolute Gasteiger partial charge is 0.493 e. The van der Waals surface area contributed by atoms with Gasteiger partial charge in [0.2, 0.25) is 5.91 Å². The van der Waals surface area contributed by atoms with Crippen molar-refractivity contribution in [3.05, 3.63) is 83.7 Å². The van der Waals surface area contributed by atoms with Gasteiger partial charge in [0.25, 0.3) is 0 Å². The fourth-order valence-electron chi connectivity index (χ4n) is 5.06. The monoisotopic (exact) mass is 550 g/mol. The molecule has 7 nitrogen and oxygen atoms in total. The highest BCUT2D eigenvalue weighted by Crippen LogP contribution is 2.37. The molecule has 0 bridgehead atoms. The highest BCUT2D eigenvalue weighted by Gasteiger charge is 2.31. The molecule has 2 atom stereocenters. The van der Waals surface area contributed by atoms with Crippen LogP contribution in [0.15, 0.2) is 67.0 Å². The van der Waals surface area contributed by atoms with Gasteiger partial charge in [-0.05, 0) is 48.7 Å². The molecule has 1 saturated heterocycles. The molecular formula is C30H29F3N4O3. The Morgan fingerprint density at radius 1 is 1.05 bits per heavy atom. The summed E-state index contributed by atoms with van der Waals surface area (Å²) in [5, 5.41) is 4.16. The second kappa shape index (κ2) is 11.5. The minimum Gasteiger partial charge on any atom is -0.493 e. The summed E-state index contributed by atoms with van der Waals surface area (Å²) < 4.78 is 50.7. The Morgan fingerprint density at radius 2 is 1.75 bits per heavy atom. The van der Waals surface area contributed by atoms with Crippen molar-refractivity contribution in [2.45, 2.75) is 24.9 Å². The van der Waals surface area contributed by atoms with Crippen LogP contribution in [0.3, 0.4) is 0 Å². The second-order valence-electron chi connectivity index (χ2n) is 9.84. The Hall–Kier alpha value is -4.18. The van der Waals surface area contributed by atoms with Gasteiger partial charge in [0, 0.05) is 29.5 Å². The lowest BCUT2D eigenvalue weighted by Crippen LogP contribution is -2.33. The molecule has 0 saturated carbocycles. The van der Waals surface area contributed by atoms with E-state index in [1.54, 1.807) is 31.4 Å². The molecule has 0 spiro atoms. The Bertz CT molecular complexity index is 1490. The van der Waals surface area contributed by atoms with E-state index in [0.717, 1.165) is 49.0 Å². The third-order valence-corrected chi connectivity index (χ3v) is 7.17. The quantitative estimate of drug-likeness (QED) is 0.308. The molecule has 2 heterocycles. The highest BCUT2D eigenvalue weighted by atomic mass is 19.4. The van der Waals surface area contributed by atoms with Gasteiger partial charge in [-0.2, -0.15) is 13.2 Å². The van der Waals surface area contributed by atoms with Crippen molar-refractivity contribution >= 4 is 16.8 Å². The van der Waals surface area contributed by atoms with Crippen LogP contribution >= 0.6 is 0 Å². The Balaban J connectivity index is 1.45. The second-order valence-corrected chi connectivity index (χ2v) is 9.84. The van der Waals surface area contributed by atoms with E-state index < -0.39 is 23.6 Å². The summed E-state index contributed by atoms with van der Waals surface area (Å²) in [7, 11) is 1.59. The summed E-state index contributed by atoms with van der Waals surface area (Å²) in [6.45, 7) is 2.50. The number of hydrogen-bond donors (Lipinski definition) is 2. The number of hydrogen-bond acceptors (Lipinski definition) is 6. The molecule has 1 aromatic heterocycles. The van der Waals surface area contributed by atoms with Crippen molar-refractivity contribution in [1.82, 2.24) is 15.3 Å². The number of rotatable bonds is 8. The van der Waals surface area contributed by atoms with Crippen LogP contribution in [0.1, 0.15) is 35.4 Å². The van der Waals surface area contributed by atoms with Gasteiger partial charge in [-0.25, -0.2) is 9.97 Å². The van der Waals surface area contributed by atoms with Crippen molar-refractivity contribution in [3.63, 3.8) is 0 Å². The van der Waals surface area contributed by atoms with E-state index in [1.165, 1.54) is 18.5 Å². The lowest BCUT2D eigenvalue weighted by Gasteiger charge is -2.23. The smallest absolute Gasteiger partial charge is 0.416 e. The first kappa shape index (κ1) is 27.4. The van der Waals surface area contributed by atoms with Gasteiger partial charge in [-0.15, -0.1) is 0 Å². The first-order valence-electron chi connectivity index (χ1n) is 13.0. The molecule has 1 aliphatic heterocycles. The number of alkyl halides is 3. The number of benzene rings is 3. The van der Waals surface area contributed by atoms with Crippen LogP contribution in [0, 0.1) is 5.92 Å². The zero-order chi connectivity index (χ0) is 28.3. The third-order valence-electron chi connectivity index (χ3n) is 7.17. The standard InChI is InChI=1S/C30H29F3N4O3/c1-39-25-14-24-23(13-26(25)40-16-18-3-2-12-35-15-18)28(37-17-36-24)21-6-4-19(5-7-21)27(29(34)38)20-8-10-22(11-9-20)30(31,32)33/h4-11,13-14,17-18,27,35H,2-3,12,15-16H2,1H3,(H2,34,38). The van der Waals surface area contributed by atoms with Crippen LogP contribution in [0.2, 0.25) is 0 Å². The molecule has 40 heavy (non-hydrogen) atoms. The number of methoxy groups -OCH3 is 1. The molecule has 0 radical (unpaired) electrons. The molecule has 5 rings (SSSR count). The average molecular weight is 551 g/mol. The van der Waals surface area contributed by atoms with E-state index in [0.29, 0.717) is 46.4 Å². The number of carbonyl (C=O) groups is 1. The molecular weight excluding hydrogens is 521 g/mol. The maximum atomic E-state index is 13.0. The average Bonchev–Trinajstić information content (AvgIpc) is 2.96. The normalized spacial score (nSPS) is 16.4. The molecule has 3 aromatic carbocycles. The van der Waals surface area contributed by atoms with Crippen molar-refractivity contribution in [3.8, 4) is 22.8 Å². The van der Waals surface area contributed by atoms with Gasteiger partial charge < -0.3 is 20.5 Å². The zero-order valence-electron chi connectivity index (χ0n) is 21.9. The molecule has 4 aromatic rings.